The minimum atomic E-state index is -0.817. The van der Waals surface area contributed by atoms with Crippen LogP contribution in [0.3, 0.4) is 0 Å². The van der Waals surface area contributed by atoms with Crippen LogP contribution in [-0.2, 0) is 51.2 Å². The summed E-state index contributed by atoms with van der Waals surface area (Å²) in [5.74, 6) is -1.93. The summed E-state index contributed by atoms with van der Waals surface area (Å²) >= 11 is 3.27. The quantitative estimate of drug-likeness (QED) is 0.136. The van der Waals surface area contributed by atoms with Crippen molar-refractivity contribution in [1.29, 1.82) is 0 Å². The number of hydrogen-bond donors (Lipinski definition) is 8. The molecule has 1 saturated carbocycles. The van der Waals surface area contributed by atoms with E-state index in [1.165, 1.54) is 0 Å². The van der Waals surface area contributed by atoms with Gasteiger partial charge in [0.05, 0.1) is 46.8 Å². The lowest BCUT2D eigenvalue weighted by molar-refractivity contribution is -0.144. The first-order valence-electron chi connectivity index (χ1n) is 27.4. The molecule has 7 aliphatic rings. The van der Waals surface area contributed by atoms with Gasteiger partial charge in [-0.1, -0.05) is 76.2 Å². The highest BCUT2D eigenvalue weighted by molar-refractivity contribution is 8.00. The Kier molecular flexibility index (Phi) is 16.6. The van der Waals surface area contributed by atoms with Crippen LogP contribution in [0.25, 0.3) is 0 Å². The van der Waals surface area contributed by atoms with Crippen molar-refractivity contribution < 1.29 is 38.4 Å². The average Bonchev–Trinajstić information content (AvgIpc) is 4.06. The first kappa shape index (κ1) is 55.6. The maximum Gasteiger partial charge on any atom is 0.246 e. The fourth-order valence-electron chi connectivity index (χ4n) is 13.1. The van der Waals surface area contributed by atoms with Gasteiger partial charge in [-0.3, -0.25) is 38.4 Å². The Hall–Kier alpha value is -5.18. The Labute approximate surface area is 455 Å². The molecule has 5 fully saturated rings. The minimum absolute atomic E-state index is 0.152. The predicted molar refractivity (Wildman–Crippen MR) is 292 cm³/mol. The number of fused-ring (bicyclic) bond motifs is 4. The van der Waals surface area contributed by atoms with Gasteiger partial charge in [0.2, 0.25) is 47.3 Å². The standard InChI is InChI=1S/C56H78N10O8S2/c1-29(57-7)47(67)61-39-21-23-75-41-27-55(3,4)45(65(41)53(39)73)51(71)63-43-35-15-11-9-13-31(35)25-37(43)49(69)59-33-17-19-34(20-18-33)60-50(70)38-26-32-14-10-12-16-36(32)44(38)64-52(72)46-56(5,6)28-42-66(46)54(74)40(22-24-76-42)62-48(68)30(2)58-8/h9-16,29-30,33-34,37-46,57-58H,17-28H2,1-8H3,(H,59,69)(H,60,70)(H,61,67)(H,62,68)(H,63,71)(H,64,72)/t29-,30-,33-,34-,37+,38+,39-,40-,41-,42-,43-,44-,45+,46+/m0/s1. The summed E-state index contributed by atoms with van der Waals surface area (Å²) in [5.41, 5.74) is 2.55. The molecule has 3 aliphatic carbocycles. The third kappa shape index (κ3) is 11.1. The van der Waals surface area contributed by atoms with E-state index in [9.17, 15) is 38.4 Å². The molecule has 9 rings (SSSR count). The lowest BCUT2D eigenvalue weighted by atomic mass is 9.83. The van der Waals surface area contributed by atoms with E-state index in [1.807, 2.05) is 76.2 Å². The second-order valence-electron chi connectivity index (χ2n) is 23.6. The molecule has 412 valence electrons. The largest absolute Gasteiger partial charge is 0.353 e. The Morgan fingerprint density at radius 2 is 0.895 bits per heavy atom. The molecule has 20 heteroatoms. The summed E-state index contributed by atoms with van der Waals surface area (Å²) in [6, 6.07) is 9.89. The van der Waals surface area contributed by atoms with E-state index in [4.69, 9.17) is 0 Å². The Morgan fingerprint density at radius 3 is 1.26 bits per heavy atom. The van der Waals surface area contributed by atoms with Gasteiger partial charge >= 0.3 is 0 Å². The van der Waals surface area contributed by atoms with Crippen molar-refractivity contribution in [1.82, 2.24) is 52.3 Å². The second kappa shape index (κ2) is 22.7. The summed E-state index contributed by atoms with van der Waals surface area (Å²) in [7, 11) is 3.38. The van der Waals surface area contributed by atoms with Crippen LogP contribution in [0.1, 0.15) is 127 Å². The number of benzene rings is 2. The van der Waals surface area contributed by atoms with Crippen molar-refractivity contribution in [2.75, 3.05) is 25.6 Å². The van der Waals surface area contributed by atoms with Crippen LogP contribution in [0.4, 0.5) is 0 Å². The maximum atomic E-state index is 14.7. The van der Waals surface area contributed by atoms with Crippen molar-refractivity contribution in [2.24, 2.45) is 22.7 Å². The molecular formula is C56H78N10O8S2. The van der Waals surface area contributed by atoms with E-state index in [1.54, 1.807) is 61.3 Å². The van der Waals surface area contributed by atoms with Crippen LogP contribution in [0.2, 0.25) is 0 Å². The van der Waals surface area contributed by atoms with Gasteiger partial charge in [0.15, 0.2) is 0 Å². The van der Waals surface area contributed by atoms with E-state index in [0.29, 0.717) is 75.7 Å². The highest BCUT2D eigenvalue weighted by Gasteiger charge is 2.57. The number of carbonyl (C=O) groups excluding carboxylic acids is 8. The van der Waals surface area contributed by atoms with Gasteiger partial charge in [0.25, 0.3) is 0 Å². The summed E-state index contributed by atoms with van der Waals surface area (Å²) in [4.78, 5) is 116. The van der Waals surface area contributed by atoms with Gasteiger partial charge in [0.1, 0.15) is 24.2 Å². The van der Waals surface area contributed by atoms with Gasteiger partial charge in [-0.05, 0) is 137 Å². The number of rotatable bonds is 14. The predicted octanol–water partition coefficient (Wildman–Crippen LogP) is 2.96. The molecule has 4 saturated heterocycles. The zero-order valence-electron chi connectivity index (χ0n) is 45.2. The van der Waals surface area contributed by atoms with Crippen LogP contribution in [0, 0.1) is 22.7 Å². The molecule has 8 N–H and O–H groups in total. The van der Waals surface area contributed by atoms with E-state index in [2.05, 4.69) is 42.5 Å². The number of nitrogens with one attached hydrogen (secondary N) is 8. The number of hydrogen-bond acceptors (Lipinski definition) is 12. The number of amides is 8. The fraction of sp³-hybridized carbons (Fsp3) is 0.643. The van der Waals surface area contributed by atoms with Crippen LogP contribution >= 0.6 is 23.5 Å². The molecule has 4 aliphatic heterocycles. The molecule has 0 radical (unpaired) electrons. The molecule has 0 spiro atoms. The van der Waals surface area contributed by atoms with Gasteiger partial charge in [0, 0.05) is 12.1 Å². The third-order valence-electron chi connectivity index (χ3n) is 17.5. The number of likely N-dealkylation sites (N-methyl/N-ethyl adjacent to an activating group) is 2. The summed E-state index contributed by atoms with van der Waals surface area (Å²) in [5, 5.41) is 24.4. The lowest BCUT2D eigenvalue weighted by Crippen LogP contribution is -2.58. The van der Waals surface area contributed by atoms with Crippen molar-refractivity contribution in [3.05, 3.63) is 70.8 Å². The molecule has 12 atom stereocenters. The smallest absolute Gasteiger partial charge is 0.246 e. The molecule has 0 bridgehead atoms. The number of thioether (sulfide) groups is 2. The summed E-state index contributed by atoms with van der Waals surface area (Å²) < 4.78 is 0. The van der Waals surface area contributed by atoms with Crippen molar-refractivity contribution in [3.63, 3.8) is 0 Å². The normalized spacial score (nSPS) is 32.0. The minimum Gasteiger partial charge on any atom is -0.353 e. The molecule has 2 aromatic carbocycles. The molecule has 76 heavy (non-hydrogen) atoms. The zero-order valence-corrected chi connectivity index (χ0v) is 46.8. The number of nitrogens with zero attached hydrogens (tertiary/aromatic N) is 2. The average molecular weight is 1080 g/mol. The van der Waals surface area contributed by atoms with Gasteiger partial charge in [-0.15, -0.1) is 23.5 Å². The maximum absolute atomic E-state index is 14.7. The fourth-order valence-corrected chi connectivity index (χ4v) is 16.2. The van der Waals surface area contributed by atoms with Crippen LogP contribution < -0.4 is 42.5 Å². The van der Waals surface area contributed by atoms with Gasteiger partial charge < -0.3 is 52.3 Å². The van der Waals surface area contributed by atoms with E-state index in [0.717, 1.165) is 22.3 Å². The highest BCUT2D eigenvalue weighted by atomic mass is 32.2. The Morgan fingerprint density at radius 1 is 0.526 bits per heavy atom. The van der Waals surface area contributed by atoms with Gasteiger partial charge in [-0.25, -0.2) is 0 Å². The summed E-state index contributed by atoms with van der Waals surface area (Å²) in [6.07, 6.45) is 5.53. The van der Waals surface area contributed by atoms with E-state index >= 15 is 0 Å². The van der Waals surface area contributed by atoms with Crippen molar-refractivity contribution in [3.8, 4) is 0 Å². The third-order valence-corrected chi connectivity index (χ3v) is 20.0. The van der Waals surface area contributed by atoms with Crippen LogP contribution in [-0.4, -0.2) is 142 Å². The van der Waals surface area contributed by atoms with Gasteiger partial charge in [-0.2, -0.15) is 0 Å². The molecule has 0 unspecified atom stereocenters. The number of carbonyl (C=O) groups is 8. The van der Waals surface area contributed by atoms with E-state index < -0.39 is 71.0 Å². The molecule has 8 amide bonds. The van der Waals surface area contributed by atoms with Crippen molar-refractivity contribution >= 4 is 70.8 Å². The molecule has 18 nitrogen and oxygen atoms in total. The second-order valence-corrected chi connectivity index (χ2v) is 26.2. The lowest BCUT2D eigenvalue weighted by Gasteiger charge is -2.36. The SMILES string of the molecule is CN[C@@H](C)C(=O)N[C@H]1CCS[C@H]2CC(C)(C)[C@@H](C(=O)N[C@H]3c4ccccc4C[C@H]3C(=O)N[C@H]3CC[C@H](NC(=O)[C@@H]4Cc5ccccc5[C@@H]4NC(=O)[C@H]4N5C(=O)[C@@H](NC(=O)[C@H](C)NC)CCS[C@H]5CC4(C)C)CC3)N2C1=O. The zero-order chi connectivity index (χ0) is 54.4. The monoisotopic (exact) mass is 1080 g/mol. The molecule has 0 aromatic heterocycles. The van der Waals surface area contributed by atoms with E-state index in [-0.39, 0.29) is 70.1 Å². The van der Waals surface area contributed by atoms with Crippen molar-refractivity contribution in [2.45, 2.75) is 177 Å². The van der Waals surface area contributed by atoms with Crippen LogP contribution in [0.15, 0.2) is 48.5 Å². The summed E-state index contributed by atoms with van der Waals surface area (Å²) in [6.45, 7) is 11.5. The Balaban J connectivity index is 0.830. The molecular weight excluding hydrogens is 1000 g/mol. The highest BCUT2D eigenvalue weighted by Crippen LogP contribution is 2.49. The van der Waals surface area contributed by atoms with Crippen LogP contribution in [0.5, 0.6) is 0 Å². The Bertz CT molecular complexity index is 2420. The first-order chi connectivity index (χ1) is 36.2. The molecule has 4 heterocycles. The first-order valence-corrected chi connectivity index (χ1v) is 29.5. The molecule has 2 aromatic rings. The topological polar surface area (TPSA) is 239 Å².